The van der Waals surface area contributed by atoms with Crippen LogP contribution in [0.3, 0.4) is 0 Å². The summed E-state index contributed by atoms with van der Waals surface area (Å²) in [5, 5.41) is 8.94. The smallest absolute Gasteiger partial charge is 0.303 e. The number of benzene rings is 3. The van der Waals surface area contributed by atoms with Gasteiger partial charge in [0, 0.05) is 24.6 Å². The summed E-state index contributed by atoms with van der Waals surface area (Å²) in [6, 6.07) is 18.9. The van der Waals surface area contributed by atoms with E-state index >= 15 is 0 Å². The predicted octanol–water partition coefficient (Wildman–Crippen LogP) is 6.47. The first-order chi connectivity index (χ1) is 17.4. The van der Waals surface area contributed by atoms with Crippen molar-refractivity contribution in [3.63, 3.8) is 0 Å². The second-order valence-corrected chi connectivity index (χ2v) is 9.48. The average molecular weight is 492 g/mol. The highest BCUT2D eigenvalue weighted by Crippen LogP contribution is 2.32. The van der Waals surface area contributed by atoms with Crippen LogP contribution in [0.2, 0.25) is 0 Å². The molecule has 3 aromatic rings. The third-order valence-corrected chi connectivity index (χ3v) is 6.88. The fourth-order valence-electron chi connectivity index (χ4n) is 4.79. The number of carbonyl (C=O) groups is 1. The van der Waals surface area contributed by atoms with E-state index in [0.717, 1.165) is 35.3 Å². The van der Waals surface area contributed by atoms with Crippen molar-refractivity contribution in [3.05, 3.63) is 83.2 Å². The Labute approximate surface area is 212 Å². The van der Waals surface area contributed by atoms with Gasteiger partial charge in [0.15, 0.2) is 0 Å². The van der Waals surface area contributed by atoms with Crippen molar-refractivity contribution in [1.29, 1.82) is 0 Å². The van der Waals surface area contributed by atoms with Gasteiger partial charge in [-0.2, -0.15) is 0 Å². The Hall–Kier alpha value is -3.38. The first kappa shape index (κ1) is 25.7. The third kappa shape index (κ3) is 6.64. The van der Waals surface area contributed by atoms with E-state index in [1.807, 2.05) is 36.4 Å². The van der Waals surface area contributed by atoms with E-state index in [9.17, 15) is 9.18 Å². The molecule has 36 heavy (non-hydrogen) atoms. The Balaban J connectivity index is 1.58. The molecule has 1 N–H and O–H groups in total. The lowest BCUT2D eigenvalue weighted by atomic mass is 9.95. The summed E-state index contributed by atoms with van der Waals surface area (Å²) in [7, 11) is 1.59. The number of methoxy groups -OCH3 is 1. The molecule has 6 heteroatoms. The highest BCUT2D eigenvalue weighted by atomic mass is 19.1. The van der Waals surface area contributed by atoms with Crippen molar-refractivity contribution < 1.29 is 23.8 Å². The Morgan fingerprint density at radius 3 is 2.67 bits per heavy atom. The van der Waals surface area contributed by atoms with Crippen molar-refractivity contribution in [2.24, 2.45) is 0 Å². The second kappa shape index (κ2) is 12.0. The molecule has 5 nitrogen and oxygen atoms in total. The summed E-state index contributed by atoms with van der Waals surface area (Å²) in [5.41, 5.74) is 4.39. The minimum Gasteiger partial charge on any atom is -0.497 e. The number of halogens is 1. The fourth-order valence-corrected chi connectivity index (χ4v) is 4.79. The second-order valence-electron chi connectivity index (χ2n) is 9.48. The van der Waals surface area contributed by atoms with E-state index in [0.29, 0.717) is 36.1 Å². The van der Waals surface area contributed by atoms with E-state index in [2.05, 4.69) is 17.9 Å². The first-order valence-electron chi connectivity index (χ1n) is 12.6. The maximum absolute atomic E-state index is 14.9. The Kier molecular flexibility index (Phi) is 8.60. The molecule has 1 heterocycles. The van der Waals surface area contributed by atoms with Gasteiger partial charge < -0.3 is 14.6 Å². The van der Waals surface area contributed by atoms with Crippen molar-refractivity contribution >= 4 is 5.97 Å². The number of rotatable bonds is 10. The summed E-state index contributed by atoms with van der Waals surface area (Å²) in [6.45, 7) is 4.40. The number of hydrogen-bond donors (Lipinski definition) is 1. The number of hydrogen-bond acceptors (Lipinski definition) is 4. The highest BCUT2D eigenvalue weighted by Gasteiger charge is 2.21. The average Bonchev–Trinajstić information content (AvgIpc) is 2.88. The number of piperidine rings is 1. The minimum atomic E-state index is -0.815. The molecule has 0 saturated carbocycles. The molecule has 0 spiro atoms. The van der Waals surface area contributed by atoms with Crippen LogP contribution in [0.1, 0.15) is 49.3 Å². The van der Waals surface area contributed by atoms with E-state index in [1.165, 1.54) is 25.3 Å². The molecule has 1 fully saturated rings. The van der Waals surface area contributed by atoms with Gasteiger partial charge >= 0.3 is 5.97 Å². The summed E-state index contributed by atoms with van der Waals surface area (Å²) in [4.78, 5) is 13.4. The molecule has 0 radical (unpaired) electrons. The zero-order valence-corrected chi connectivity index (χ0v) is 21.0. The minimum absolute atomic E-state index is 0.0873. The van der Waals surface area contributed by atoms with Gasteiger partial charge in [0.05, 0.1) is 7.11 Å². The van der Waals surface area contributed by atoms with Crippen LogP contribution >= 0.6 is 0 Å². The lowest BCUT2D eigenvalue weighted by Gasteiger charge is -2.34. The number of likely N-dealkylation sites (tertiary alicyclic amines) is 1. The molecule has 0 amide bonds. The van der Waals surface area contributed by atoms with Crippen LogP contribution in [0.15, 0.2) is 60.7 Å². The van der Waals surface area contributed by atoms with Crippen molar-refractivity contribution in [1.82, 2.24) is 4.90 Å². The van der Waals surface area contributed by atoms with Crippen molar-refractivity contribution in [3.8, 4) is 22.6 Å². The number of aliphatic carboxylic acids is 1. The number of carboxylic acids is 1. The molecule has 1 atom stereocenters. The van der Waals surface area contributed by atoms with Gasteiger partial charge in [-0.25, -0.2) is 4.39 Å². The highest BCUT2D eigenvalue weighted by molar-refractivity contribution is 5.70. The Morgan fingerprint density at radius 1 is 1.03 bits per heavy atom. The van der Waals surface area contributed by atoms with E-state index in [-0.39, 0.29) is 12.2 Å². The number of ether oxygens (including phenoxy) is 2. The molecule has 1 unspecified atom stereocenters. The zero-order valence-electron chi connectivity index (χ0n) is 21.0. The molecule has 1 aliphatic heterocycles. The first-order valence-corrected chi connectivity index (χ1v) is 12.6. The maximum atomic E-state index is 14.9. The number of nitrogens with zero attached hydrogens (tertiary/aromatic N) is 1. The van der Waals surface area contributed by atoms with Gasteiger partial charge in [0.2, 0.25) is 0 Å². The van der Waals surface area contributed by atoms with E-state index < -0.39 is 5.97 Å². The van der Waals surface area contributed by atoms with E-state index in [4.69, 9.17) is 14.6 Å². The third-order valence-electron chi connectivity index (χ3n) is 6.88. The van der Waals surface area contributed by atoms with Gasteiger partial charge in [-0.3, -0.25) is 9.69 Å². The van der Waals surface area contributed by atoms with E-state index in [1.54, 1.807) is 19.2 Å². The largest absolute Gasteiger partial charge is 0.497 e. The molecule has 1 saturated heterocycles. The van der Waals surface area contributed by atoms with Gasteiger partial charge in [-0.1, -0.05) is 36.8 Å². The van der Waals surface area contributed by atoms with Crippen molar-refractivity contribution in [2.45, 2.75) is 58.2 Å². The molecule has 3 aromatic carbocycles. The molecule has 190 valence electrons. The van der Waals surface area contributed by atoms with Crippen LogP contribution in [0, 0.1) is 5.82 Å². The van der Waals surface area contributed by atoms with Gasteiger partial charge in [-0.15, -0.1) is 0 Å². The standard InChI is InChI=1S/C30H34FNO4/c1-21-6-3-4-15-32(21)19-24-16-23(9-12-27(24)28-18-25(35-2)11-13-29(28)31)20-36-26-8-5-7-22(17-26)10-14-30(33)34/h5,7-9,11-13,16-18,21H,3-4,6,10,14-15,19-20H2,1-2H3,(H,33,34). The Morgan fingerprint density at radius 2 is 1.89 bits per heavy atom. The van der Waals surface area contributed by atoms with Crippen LogP contribution in [0.25, 0.3) is 11.1 Å². The lowest BCUT2D eigenvalue weighted by molar-refractivity contribution is -0.136. The summed E-state index contributed by atoms with van der Waals surface area (Å²) in [6.07, 6.45) is 4.14. The van der Waals surface area contributed by atoms with Gasteiger partial charge in [0.1, 0.15) is 23.9 Å². The fraction of sp³-hybridized carbons (Fsp3) is 0.367. The molecular formula is C30H34FNO4. The van der Waals surface area contributed by atoms with Crippen LogP contribution in [0.5, 0.6) is 11.5 Å². The van der Waals surface area contributed by atoms with Crippen LogP contribution < -0.4 is 9.47 Å². The molecule has 0 aromatic heterocycles. The normalized spacial score (nSPS) is 16.0. The molecule has 1 aliphatic rings. The van der Waals surface area contributed by atoms with Crippen LogP contribution in [-0.4, -0.2) is 35.7 Å². The monoisotopic (exact) mass is 491 g/mol. The molecule has 4 rings (SSSR count). The quantitative estimate of drug-likeness (QED) is 0.352. The van der Waals surface area contributed by atoms with Crippen molar-refractivity contribution in [2.75, 3.05) is 13.7 Å². The summed E-state index contributed by atoms with van der Waals surface area (Å²) >= 11 is 0. The van der Waals surface area contributed by atoms with Gasteiger partial charge in [0.25, 0.3) is 0 Å². The lowest BCUT2D eigenvalue weighted by Crippen LogP contribution is -2.36. The maximum Gasteiger partial charge on any atom is 0.303 e. The summed E-state index contributed by atoms with van der Waals surface area (Å²) < 4.78 is 26.3. The van der Waals surface area contributed by atoms with Crippen LogP contribution in [0.4, 0.5) is 4.39 Å². The molecule has 0 bridgehead atoms. The SMILES string of the molecule is COc1ccc(F)c(-c2ccc(COc3cccc(CCC(=O)O)c3)cc2CN2CCCCC2C)c1. The number of aryl methyl sites for hydroxylation is 1. The number of carboxylic acid groups (broad SMARTS) is 1. The molecule has 0 aliphatic carbocycles. The zero-order chi connectivity index (χ0) is 25.5. The summed E-state index contributed by atoms with van der Waals surface area (Å²) in [5.74, 6) is 0.237. The van der Waals surface area contributed by atoms with Gasteiger partial charge in [-0.05, 0) is 85.3 Å². The topological polar surface area (TPSA) is 59.0 Å². The molecular weight excluding hydrogens is 457 g/mol. The predicted molar refractivity (Wildman–Crippen MR) is 139 cm³/mol. The Bertz CT molecular complexity index is 1200. The van der Waals surface area contributed by atoms with Crippen LogP contribution in [-0.2, 0) is 24.4 Å².